The third-order valence-corrected chi connectivity index (χ3v) is 3.35. The molecule has 1 aliphatic rings. The van der Waals surface area contributed by atoms with Gasteiger partial charge < -0.3 is 0 Å². The first kappa shape index (κ1) is 12.2. The molecule has 0 aromatic heterocycles. The minimum Gasteiger partial charge on any atom is -0.300 e. The van der Waals surface area contributed by atoms with E-state index in [2.05, 4.69) is 39.8 Å². The highest BCUT2D eigenvalue weighted by atomic mass is 16.1. The molecule has 1 nitrogen and oxygen atoms in total. The summed E-state index contributed by atoms with van der Waals surface area (Å²) in [5.41, 5.74) is 2.72. The van der Waals surface area contributed by atoms with Crippen molar-refractivity contribution in [3.8, 4) is 0 Å². The summed E-state index contributed by atoms with van der Waals surface area (Å²) in [7, 11) is 0. The zero-order valence-electron chi connectivity index (χ0n) is 10.5. The molecule has 0 fully saturated rings. The summed E-state index contributed by atoms with van der Waals surface area (Å²) in [6.45, 7) is 10.3. The molecule has 0 amide bonds. The van der Waals surface area contributed by atoms with E-state index >= 15 is 0 Å². The summed E-state index contributed by atoms with van der Waals surface area (Å²) >= 11 is 0. The molecule has 1 rings (SSSR count). The van der Waals surface area contributed by atoms with Gasteiger partial charge in [-0.05, 0) is 40.0 Å². The van der Waals surface area contributed by atoms with Crippen LogP contribution in [0.2, 0.25) is 0 Å². The fourth-order valence-electron chi connectivity index (χ4n) is 2.29. The lowest BCUT2D eigenvalue weighted by Gasteiger charge is -2.30. The first-order chi connectivity index (χ1) is 6.91. The van der Waals surface area contributed by atoms with Gasteiger partial charge in [-0.15, -0.1) is 0 Å². The third-order valence-electron chi connectivity index (χ3n) is 3.35. The highest BCUT2D eigenvalue weighted by Gasteiger charge is 2.29. The van der Waals surface area contributed by atoms with Crippen molar-refractivity contribution >= 4 is 5.78 Å². The summed E-state index contributed by atoms with van der Waals surface area (Å²) < 4.78 is 0. The number of carbonyl (C=O) groups is 1. The van der Waals surface area contributed by atoms with Gasteiger partial charge in [0.25, 0.3) is 0 Å². The molecule has 3 unspecified atom stereocenters. The van der Waals surface area contributed by atoms with Crippen LogP contribution in [0.15, 0.2) is 23.3 Å². The van der Waals surface area contributed by atoms with Gasteiger partial charge in [-0.1, -0.05) is 30.2 Å². The van der Waals surface area contributed by atoms with Crippen LogP contribution in [0.4, 0.5) is 0 Å². The van der Waals surface area contributed by atoms with Crippen LogP contribution in [-0.4, -0.2) is 5.78 Å². The van der Waals surface area contributed by atoms with Crippen molar-refractivity contribution in [1.82, 2.24) is 0 Å². The molecule has 0 saturated heterocycles. The summed E-state index contributed by atoms with van der Waals surface area (Å²) in [5.74, 6) is 1.40. The topological polar surface area (TPSA) is 17.1 Å². The molecular weight excluding hydrogens is 184 g/mol. The molecule has 15 heavy (non-hydrogen) atoms. The van der Waals surface area contributed by atoms with Gasteiger partial charge in [0.05, 0.1) is 0 Å². The van der Waals surface area contributed by atoms with Crippen molar-refractivity contribution in [2.75, 3.05) is 0 Å². The van der Waals surface area contributed by atoms with E-state index in [0.29, 0.717) is 17.6 Å². The van der Waals surface area contributed by atoms with E-state index in [0.717, 1.165) is 6.42 Å². The Balaban J connectivity index is 2.97. The van der Waals surface area contributed by atoms with Crippen molar-refractivity contribution in [1.29, 1.82) is 0 Å². The molecule has 1 aliphatic carbocycles. The molecule has 0 bridgehead atoms. The van der Waals surface area contributed by atoms with Gasteiger partial charge in [0.2, 0.25) is 0 Å². The van der Waals surface area contributed by atoms with E-state index in [1.54, 1.807) is 6.92 Å². The smallest absolute Gasteiger partial charge is 0.133 e. The van der Waals surface area contributed by atoms with Gasteiger partial charge in [0.15, 0.2) is 0 Å². The van der Waals surface area contributed by atoms with Gasteiger partial charge in [0.1, 0.15) is 5.78 Å². The maximum absolute atomic E-state index is 11.6. The zero-order valence-corrected chi connectivity index (χ0v) is 10.5. The maximum atomic E-state index is 11.6. The van der Waals surface area contributed by atoms with E-state index in [4.69, 9.17) is 0 Å². The minimum atomic E-state index is 0.193. The molecule has 0 saturated carbocycles. The number of allylic oxidation sites excluding steroid dienone is 4. The molecular formula is C14H22O. The number of hydrogen-bond acceptors (Lipinski definition) is 1. The predicted molar refractivity (Wildman–Crippen MR) is 64.6 cm³/mol. The lowest BCUT2D eigenvalue weighted by molar-refractivity contribution is -0.122. The Labute approximate surface area is 93.3 Å². The SMILES string of the molecule is CC(=O)C1CC(C)C(C)=CC1C=C(C)C. The molecule has 3 atom stereocenters. The van der Waals surface area contributed by atoms with Crippen molar-refractivity contribution in [3.05, 3.63) is 23.3 Å². The number of Topliss-reactive ketones (excluding diaryl/α,β-unsaturated/α-hetero) is 1. The Bertz CT molecular complexity index is 305. The van der Waals surface area contributed by atoms with Crippen LogP contribution >= 0.6 is 0 Å². The van der Waals surface area contributed by atoms with Crippen molar-refractivity contribution in [3.63, 3.8) is 0 Å². The Kier molecular flexibility index (Phi) is 3.90. The number of hydrogen-bond donors (Lipinski definition) is 0. The second-order valence-corrected chi connectivity index (χ2v) is 5.09. The maximum Gasteiger partial charge on any atom is 0.133 e. The monoisotopic (exact) mass is 206 g/mol. The highest BCUT2D eigenvalue weighted by molar-refractivity contribution is 5.79. The lowest BCUT2D eigenvalue weighted by Crippen LogP contribution is -2.26. The van der Waals surface area contributed by atoms with Crippen molar-refractivity contribution < 1.29 is 4.79 Å². The van der Waals surface area contributed by atoms with Gasteiger partial charge >= 0.3 is 0 Å². The minimum absolute atomic E-state index is 0.193. The van der Waals surface area contributed by atoms with E-state index in [1.807, 2.05) is 0 Å². The van der Waals surface area contributed by atoms with Gasteiger partial charge in [-0.2, -0.15) is 0 Å². The van der Waals surface area contributed by atoms with Crippen LogP contribution in [0.25, 0.3) is 0 Å². The zero-order chi connectivity index (χ0) is 11.6. The Morgan fingerprint density at radius 3 is 2.47 bits per heavy atom. The summed E-state index contributed by atoms with van der Waals surface area (Å²) in [4.78, 5) is 11.6. The fraction of sp³-hybridized carbons (Fsp3) is 0.643. The third kappa shape index (κ3) is 3.05. The molecule has 0 heterocycles. The van der Waals surface area contributed by atoms with Gasteiger partial charge in [-0.25, -0.2) is 0 Å². The van der Waals surface area contributed by atoms with E-state index in [-0.39, 0.29) is 5.92 Å². The molecule has 1 heteroatoms. The van der Waals surface area contributed by atoms with Crippen LogP contribution in [-0.2, 0) is 4.79 Å². The van der Waals surface area contributed by atoms with Crippen LogP contribution in [0, 0.1) is 17.8 Å². The Morgan fingerprint density at radius 2 is 2.00 bits per heavy atom. The Morgan fingerprint density at radius 1 is 1.40 bits per heavy atom. The van der Waals surface area contributed by atoms with Crippen LogP contribution < -0.4 is 0 Å². The highest BCUT2D eigenvalue weighted by Crippen LogP contribution is 2.34. The quantitative estimate of drug-likeness (QED) is 0.629. The summed E-state index contributed by atoms with van der Waals surface area (Å²) in [5, 5.41) is 0. The second kappa shape index (κ2) is 4.78. The van der Waals surface area contributed by atoms with Crippen molar-refractivity contribution in [2.24, 2.45) is 17.8 Å². The number of ketones is 1. The summed E-state index contributed by atoms with van der Waals surface area (Å²) in [6.07, 6.45) is 5.50. The molecule has 0 aromatic carbocycles. The first-order valence-electron chi connectivity index (χ1n) is 5.75. The average Bonchev–Trinajstić information content (AvgIpc) is 2.09. The molecule has 0 aliphatic heterocycles. The molecule has 0 aromatic rings. The largest absolute Gasteiger partial charge is 0.300 e. The van der Waals surface area contributed by atoms with E-state index in [9.17, 15) is 4.79 Å². The van der Waals surface area contributed by atoms with Gasteiger partial charge in [0, 0.05) is 11.8 Å². The molecule has 0 spiro atoms. The van der Waals surface area contributed by atoms with Gasteiger partial charge in [-0.3, -0.25) is 4.79 Å². The van der Waals surface area contributed by atoms with E-state index < -0.39 is 0 Å². The lowest BCUT2D eigenvalue weighted by atomic mass is 9.74. The normalized spacial score (nSPS) is 30.7. The van der Waals surface area contributed by atoms with Crippen molar-refractivity contribution in [2.45, 2.75) is 41.0 Å². The second-order valence-electron chi connectivity index (χ2n) is 5.09. The number of rotatable bonds is 2. The standard InChI is InChI=1S/C14H22O/c1-9(2)6-13-7-10(3)11(4)8-14(13)12(5)15/h6-7,11,13-14H,8H2,1-5H3. The van der Waals surface area contributed by atoms with Crippen LogP contribution in [0.1, 0.15) is 41.0 Å². The fourth-order valence-corrected chi connectivity index (χ4v) is 2.29. The molecule has 84 valence electrons. The first-order valence-corrected chi connectivity index (χ1v) is 5.75. The van der Waals surface area contributed by atoms with Crippen LogP contribution in [0.3, 0.4) is 0 Å². The molecule has 0 N–H and O–H groups in total. The molecule has 0 radical (unpaired) electrons. The van der Waals surface area contributed by atoms with E-state index in [1.165, 1.54) is 11.1 Å². The Hall–Kier alpha value is -0.850. The number of carbonyl (C=O) groups excluding carboxylic acids is 1. The average molecular weight is 206 g/mol. The predicted octanol–water partition coefficient (Wildman–Crippen LogP) is 3.76. The summed E-state index contributed by atoms with van der Waals surface area (Å²) in [6, 6.07) is 0. The van der Waals surface area contributed by atoms with Crippen LogP contribution in [0.5, 0.6) is 0 Å².